The predicted octanol–water partition coefficient (Wildman–Crippen LogP) is 2.47. The van der Waals surface area contributed by atoms with Crippen LogP contribution in [0.15, 0.2) is 18.2 Å². The number of carbonyl (C=O) groups is 2. The number of benzene rings is 1. The van der Waals surface area contributed by atoms with Gasteiger partial charge in [-0.25, -0.2) is 0 Å². The third kappa shape index (κ3) is 5.34. The summed E-state index contributed by atoms with van der Waals surface area (Å²) in [5, 5.41) is 12.3. The standard InChI is InChI=1S/C18H25ClN2O4/c1-4-21(10-17(22)23)14-8-13(9-14)20-18(24)12(3)25-16-7-11(2)5-6-15(16)19/h5-7,12-14H,4,8-10H2,1-3H3,(H,20,24)(H,22,23). The van der Waals surface area contributed by atoms with Crippen molar-refractivity contribution in [3.05, 3.63) is 28.8 Å². The van der Waals surface area contributed by atoms with Crippen molar-refractivity contribution < 1.29 is 19.4 Å². The van der Waals surface area contributed by atoms with Gasteiger partial charge in [0.2, 0.25) is 0 Å². The second-order valence-corrected chi connectivity index (χ2v) is 6.89. The second kappa shape index (κ2) is 8.54. The molecule has 25 heavy (non-hydrogen) atoms. The molecule has 1 amide bonds. The molecule has 6 nitrogen and oxygen atoms in total. The molecule has 0 saturated heterocycles. The summed E-state index contributed by atoms with van der Waals surface area (Å²) in [4.78, 5) is 25.0. The van der Waals surface area contributed by atoms with Crippen LogP contribution in [0.25, 0.3) is 0 Å². The predicted molar refractivity (Wildman–Crippen MR) is 96.1 cm³/mol. The van der Waals surface area contributed by atoms with Crippen molar-refractivity contribution in [2.24, 2.45) is 0 Å². The SMILES string of the molecule is CCN(CC(=O)O)C1CC(NC(=O)C(C)Oc2cc(C)ccc2Cl)C1. The Balaban J connectivity index is 1.81. The molecule has 0 heterocycles. The molecule has 1 unspecified atom stereocenters. The molecule has 1 aromatic carbocycles. The van der Waals surface area contributed by atoms with Crippen molar-refractivity contribution in [3.63, 3.8) is 0 Å². The quantitative estimate of drug-likeness (QED) is 0.737. The number of hydrogen-bond acceptors (Lipinski definition) is 4. The lowest BCUT2D eigenvalue weighted by molar-refractivity contribution is -0.140. The summed E-state index contributed by atoms with van der Waals surface area (Å²) in [7, 11) is 0. The maximum Gasteiger partial charge on any atom is 0.317 e. The number of carbonyl (C=O) groups excluding carboxylic acids is 1. The van der Waals surface area contributed by atoms with Crippen LogP contribution < -0.4 is 10.1 Å². The number of ether oxygens (including phenoxy) is 1. The maximum absolute atomic E-state index is 12.3. The number of carboxylic acid groups (broad SMARTS) is 1. The van der Waals surface area contributed by atoms with Crippen molar-refractivity contribution in [1.82, 2.24) is 10.2 Å². The van der Waals surface area contributed by atoms with Crippen LogP contribution >= 0.6 is 11.6 Å². The highest BCUT2D eigenvalue weighted by Crippen LogP contribution is 2.27. The first-order chi connectivity index (χ1) is 11.8. The topological polar surface area (TPSA) is 78.9 Å². The van der Waals surface area contributed by atoms with E-state index in [0.29, 0.717) is 17.3 Å². The Morgan fingerprint density at radius 2 is 2.12 bits per heavy atom. The van der Waals surface area contributed by atoms with Crippen LogP contribution in [0.5, 0.6) is 5.75 Å². The smallest absolute Gasteiger partial charge is 0.317 e. The number of hydrogen-bond donors (Lipinski definition) is 2. The van der Waals surface area contributed by atoms with Gasteiger partial charge in [0, 0.05) is 12.1 Å². The maximum atomic E-state index is 12.3. The Morgan fingerprint density at radius 1 is 1.44 bits per heavy atom. The molecule has 1 fully saturated rings. The van der Waals surface area contributed by atoms with Gasteiger partial charge in [-0.15, -0.1) is 0 Å². The van der Waals surface area contributed by atoms with Crippen LogP contribution in [0.4, 0.5) is 0 Å². The summed E-state index contributed by atoms with van der Waals surface area (Å²) in [5.41, 5.74) is 1.01. The number of halogens is 1. The minimum absolute atomic E-state index is 0.0349. The normalized spacial score (nSPS) is 20.7. The minimum Gasteiger partial charge on any atom is -0.480 e. The van der Waals surface area contributed by atoms with E-state index in [2.05, 4.69) is 5.32 Å². The number of carboxylic acids is 1. The van der Waals surface area contributed by atoms with Crippen molar-refractivity contribution in [2.75, 3.05) is 13.1 Å². The van der Waals surface area contributed by atoms with E-state index in [9.17, 15) is 9.59 Å². The molecule has 0 aliphatic heterocycles. The molecule has 1 saturated carbocycles. The molecule has 2 rings (SSSR count). The average molecular weight is 369 g/mol. The first kappa shape index (κ1) is 19.5. The van der Waals surface area contributed by atoms with Crippen molar-refractivity contribution in [1.29, 1.82) is 0 Å². The Kier molecular flexibility index (Phi) is 6.67. The van der Waals surface area contributed by atoms with Gasteiger partial charge in [-0.05, 0) is 50.9 Å². The number of nitrogens with zero attached hydrogens (tertiary/aromatic N) is 1. The van der Waals surface area contributed by atoms with E-state index >= 15 is 0 Å². The first-order valence-electron chi connectivity index (χ1n) is 8.49. The van der Waals surface area contributed by atoms with E-state index in [4.69, 9.17) is 21.4 Å². The molecule has 0 aromatic heterocycles. The fourth-order valence-electron chi connectivity index (χ4n) is 2.94. The second-order valence-electron chi connectivity index (χ2n) is 6.48. The number of rotatable bonds is 8. The van der Waals surface area contributed by atoms with Crippen LogP contribution in [0.3, 0.4) is 0 Å². The average Bonchev–Trinajstić information content (AvgIpc) is 2.51. The monoisotopic (exact) mass is 368 g/mol. The zero-order valence-corrected chi connectivity index (χ0v) is 15.5. The number of likely N-dealkylation sites (N-methyl/N-ethyl adjacent to an activating group) is 1. The summed E-state index contributed by atoms with van der Waals surface area (Å²) in [6, 6.07) is 5.68. The van der Waals surface area contributed by atoms with Crippen LogP contribution in [-0.2, 0) is 9.59 Å². The fraction of sp³-hybridized carbons (Fsp3) is 0.556. The van der Waals surface area contributed by atoms with Crippen LogP contribution in [0.1, 0.15) is 32.3 Å². The van der Waals surface area contributed by atoms with Crippen LogP contribution in [-0.4, -0.2) is 53.2 Å². The highest BCUT2D eigenvalue weighted by molar-refractivity contribution is 6.32. The van der Waals surface area contributed by atoms with Gasteiger partial charge in [-0.2, -0.15) is 0 Å². The van der Waals surface area contributed by atoms with E-state index in [1.807, 2.05) is 24.8 Å². The molecule has 1 aromatic rings. The number of aryl methyl sites for hydroxylation is 1. The van der Waals surface area contributed by atoms with Crippen LogP contribution in [0.2, 0.25) is 5.02 Å². The third-order valence-electron chi connectivity index (χ3n) is 4.48. The van der Waals surface area contributed by atoms with Gasteiger partial charge in [0.05, 0.1) is 11.6 Å². The van der Waals surface area contributed by atoms with E-state index in [1.165, 1.54) is 0 Å². The van der Waals surface area contributed by atoms with E-state index < -0.39 is 12.1 Å². The summed E-state index contributed by atoms with van der Waals surface area (Å²) >= 11 is 6.09. The van der Waals surface area contributed by atoms with Gasteiger partial charge in [0.15, 0.2) is 6.10 Å². The van der Waals surface area contributed by atoms with Gasteiger partial charge in [0.25, 0.3) is 5.91 Å². The Bertz CT molecular complexity index is 632. The fourth-order valence-corrected chi connectivity index (χ4v) is 3.10. The number of amides is 1. The zero-order chi connectivity index (χ0) is 18.6. The summed E-state index contributed by atoms with van der Waals surface area (Å²) in [5.74, 6) is -0.525. The van der Waals surface area contributed by atoms with E-state index in [-0.39, 0.29) is 24.5 Å². The lowest BCUT2D eigenvalue weighted by Crippen LogP contribution is -2.56. The molecule has 138 valence electrons. The highest BCUT2D eigenvalue weighted by Gasteiger charge is 2.35. The van der Waals surface area contributed by atoms with Gasteiger partial charge < -0.3 is 15.2 Å². The Labute approximate surface area is 153 Å². The lowest BCUT2D eigenvalue weighted by atomic mass is 9.85. The number of nitrogens with one attached hydrogen (secondary N) is 1. The Hall–Kier alpha value is -1.79. The summed E-state index contributed by atoms with van der Waals surface area (Å²) in [6.07, 6.45) is 0.856. The molecule has 1 atom stereocenters. The zero-order valence-electron chi connectivity index (χ0n) is 14.8. The molecular formula is C18H25ClN2O4. The molecule has 0 radical (unpaired) electrons. The molecule has 2 N–H and O–H groups in total. The summed E-state index contributed by atoms with van der Waals surface area (Å²) < 4.78 is 5.67. The Morgan fingerprint density at radius 3 is 2.72 bits per heavy atom. The molecular weight excluding hydrogens is 344 g/mol. The van der Waals surface area contributed by atoms with Gasteiger partial charge in [-0.1, -0.05) is 24.6 Å². The minimum atomic E-state index is -0.827. The van der Waals surface area contributed by atoms with E-state index in [1.54, 1.807) is 19.1 Å². The van der Waals surface area contributed by atoms with Crippen LogP contribution in [0, 0.1) is 6.92 Å². The molecule has 0 bridgehead atoms. The molecule has 1 aliphatic carbocycles. The number of aliphatic carboxylic acids is 1. The van der Waals surface area contributed by atoms with Crippen molar-refractivity contribution >= 4 is 23.5 Å². The highest BCUT2D eigenvalue weighted by atomic mass is 35.5. The van der Waals surface area contributed by atoms with Gasteiger partial charge >= 0.3 is 5.97 Å². The van der Waals surface area contributed by atoms with E-state index in [0.717, 1.165) is 18.4 Å². The first-order valence-corrected chi connectivity index (χ1v) is 8.87. The van der Waals surface area contributed by atoms with Crippen molar-refractivity contribution in [2.45, 2.75) is 51.8 Å². The summed E-state index contributed by atoms with van der Waals surface area (Å²) in [6.45, 7) is 6.28. The molecule has 7 heteroatoms. The largest absolute Gasteiger partial charge is 0.480 e. The van der Waals surface area contributed by atoms with Crippen molar-refractivity contribution in [3.8, 4) is 5.75 Å². The lowest BCUT2D eigenvalue weighted by Gasteiger charge is -2.42. The molecule has 0 spiro atoms. The van der Waals surface area contributed by atoms with Gasteiger partial charge in [0.1, 0.15) is 5.75 Å². The third-order valence-corrected chi connectivity index (χ3v) is 4.79. The molecule has 1 aliphatic rings. The van der Waals surface area contributed by atoms with Gasteiger partial charge in [-0.3, -0.25) is 14.5 Å².